The van der Waals surface area contributed by atoms with Gasteiger partial charge in [0.25, 0.3) is 0 Å². The maximum Gasteiger partial charge on any atom is 0.161 e. The minimum absolute atomic E-state index is 0.652. The summed E-state index contributed by atoms with van der Waals surface area (Å²) in [7, 11) is 1.65. The molecule has 0 atom stereocenters. The lowest BCUT2D eigenvalue weighted by Crippen LogP contribution is -1.95. The molecule has 3 nitrogen and oxygen atoms in total. The van der Waals surface area contributed by atoms with Gasteiger partial charge in [-0.25, -0.2) is 0 Å². The minimum Gasteiger partial charge on any atom is -0.493 e. The van der Waals surface area contributed by atoms with Gasteiger partial charge in [-0.2, -0.15) is 0 Å². The van der Waals surface area contributed by atoms with Crippen LogP contribution < -0.4 is 9.47 Å². The van der Waals surface area contributed by atoms with Crippen molar-refractivity contribution in [2.75, 3.05) is 13.7 Å². The molecule has 0 aromatic heterocycles. The van der Waals surface area contributed by atoms with E-state index in [0.717, 1.165) is 23.3 Å². The quantitative estimate of drug-likeness (QED) is 0.752. The highest BCUT2D eigenvalue weighted by Gasteiger charge is 2.02. The van der Waals surface area contributed by atoms with Crippen molar-refractivity contribution in [1.29, 1.82) is 0 Å². The third-order valence-electron chi connectivity index (χ3n) is 1.85. The van der Waals surface area contributed by atoms with E-state index in [1.807, 2.05) is 44.2 Å². The van der Waals surface area contributed by atoms with Gasteiger partial charge in [-0.15, -0.1) is 0 Å². The maximum absolute atomic E-state index is 8.81. The van der Waals surface area contributed by atoms with Crippen LogP contribution in [0.1, 0.15) is 26.3 Å². The number of rotatable bonds is 4. The molecule has 0 amide bonds. The van der Waals surface area contributed by atoms with Gasteiger partial charge >= 0.3 is 0 Å². The topological polar surface area (TPSA) is 35.5 Å². The molecular weight excluding hydrogens is 216 g/mol. The van der Waals surface area contributed by atoms with Crippen molar-refractivity contribution >= 4 is 12.4 Å². The third kappa shape index (κ3) is 5.76. The molecule has 1 rings (SSSR count). The van der Waals surface area contributed by atoms with Gasteiger partial charge in [0.2, 0.25) is 0 Å². The summed E-state index contributed by atoms with van der Waals surface area (Å²) in [5.41, 5.74) is 1.12. The first-order valence-electron chi connectivity index (χ1n) is 5.56. The van der Waals surface area contributed by atoms with Gasteiger partial charge in [-0.05, 0) is 38.5 Å². The Bertz CT molecular complexity index is 356. The van der Waals surface area contributed by atoms with Crippen LogP contribution >= 0.6 is 0 Å². The van der Waals surface area contributed by atoms with Gasteiger partial charge in [0.1, 0.15) is 6.29 Å². The van der Waals surface area contributed by atoms with E-state index in [9.17, 15) is 0 Å². The average Bonchev–Trinajstić information content (AvgIpc) is 2.33. The second-order valence-electron chi connectivity index (χ2n) is 3.08. The lowest BCUT2D eigenvalue weighted by molar-refractivity contribution is -0.106. The zero-order valence-corrected chi connectivity index (χ0v) is 10.9. The van der Waals surface area contributed by atoms with E-state index >= 15 is 0 Å². The summed E-state index contributed by atoms with van der Waals surface area (Å²) in [5.74, 6) is 1.57. The number of carbonyl (C=O) groups excluding carboxylic acids is 1. The van der Waals surface area contributed by atoms with Crippen LogP contribution in [0, 0.1) is 0 Å². The smallest absolute Gasteiger partial charge is 0.161 e. The van der Waals surface area contributed by atoms with Crippen LogP contribution in [0.15, 0.2) is 24.3 Å². The molecule has 0 aliphatic heterocycles. The Labute approximate surface area is 103 Å². The van der Waals surface area contributed by atoms with E-state index in [2.05, 4.69) is 0 Å². The zero-order valence-electron chi connectivity index (χ0n) is 10.9. The number of aldehydes is 1. The van der Waals surface area contributed by atoms with E-state index in [0.29, 0.717) is 6.61 Å². The van der Waals surface area contributed by atoms with E-state index in [1.54, 1.807) is 7.11 Å². The van der Waals surface area contributed by atoms with Gasteiger partial charge in [0.15, 0.2) is 11.5 Å². The van der Waals surface area contributed by atoms with E-state index in [4.69, 9.17) is 14.3 Å². The number of methoxy groups -OCH3 is 1. The predicted molar refractivity (Wildman–Crippen MR) is 70.6 cm³/mol. The Morgan fingerprint density at radius 1 is 1.24 bits per heavy atom. The van der Waals surface area contributed by atoms with Crippen LogP contribution in [-0.4, -0.2) is 20.0 Å². The molecule has 3 heteroatoms. The lowest BCUT2D eigenvalue weighted by Gasteiger charge is -2.09. The zero-order chi connectivity index (χ0) is 13.1. The van der Waals surface area contributed by atoms with Crippen LogP contribution in [0.2, 0.25) is 0 Å². The van der Waals surface area contributed by atoms with Crippen LogP contribution in [0.5, 0.6) is 11.5 Å². The van der Waals surface area contributed by atoms with Gasteiger partial charge in [0, 0.05) is 0 Å². The lowest BCUT2D eigenvalue weighted by atomic mass is 10.2. The predicted octanol–water partition coefficient (Wildman–Crippen LogP) is 3.33. The normalized spacial score (nSPS) is 9.41. The highest BCUT2D eigenvalue weighted by molar-refractivity contribution is 5.55. The SMILES string of the molecule is C/C=C/c1ccc(OCC)c(OC)c1.CC=O. The molecular formula is C14H20O3. The number of benzene rings is 1. The number of hydrogen-bond donors (Lipinski definition) is 0. The summed E-state index contributed by atoms with van der Waals surface area (Å²) in [6.07, 6.45) is 4.77. The second kappa shape index (κ2) is 9.46. The molecule has 1 aromatic carbocycles. The summed E-state index contributed by atoms with van der Waals surface area (Å²) in [6.45, 7) is 6.04. The van der Waals surface area contributed by atoms with Crippen molar-refractivity contribution < 1.29 is 14.3 Å². The van der Waals surface area contributed by atoms with E-state index in [-0.39, 0.29) is 0 Å². The molecule has 0 aliphatic rings. The van der Waals surface area contributed by atoms with Crippen LogP contribution in [0.25, 0.3) is 6.08 Å². The number of ether oxygens (including phenoxy) is 2. The summed E-state index contributed by atoms with van der Waals surface area (Å²) in [6, 6.07) is 5.90. The molecule has 94 valence electrons. The second-order valence-corrected chi connectivity index (χ2v) is 3.08. The van der Waals surface area contributed by atoms with Crippen molar-refractivity contribution in [1.82, 2.24) is 0 Å². The molecule has 0 aliphatic carbocycles. The summed E-state index contributed by atoms with van der Waals surface area (Å²) < 4.78 is 10.6. The highest BCUT2D eigenvalue weighted by atomic mass is 16.5. The fraction of sp³-hybridized carbons (Fsp3) is 0.357. The van der Waals surface area contributed by atoms with E-state index < -0.39 is 0 Å². The van der Waals surface area contributed by atoms with E-state index in [1.165, 1.54) is 6.92 Å². The Morgan fingerprint density at radius 2 is 1.88 bits per heavy atom. The summed E-state index contributed by atoms with van der Waals surface area (Å²) >= 11 is 0. The maximum atomic E-state index is 8.81. The summed E-state index contributed by atoms with van der Waals surface area (Å²) in [5, 5.41) is 0. The number of allylic oxidation sites excluding steroid dienone is 1. The van der Waals surface area contributed by atoms with Gasteiger partial charge in [0.05, 0.1) is 13.7 Å². The first kappa shape index (κ1) is 15.2. The minimum atomic E-state index is 0.652. The van der Waals surface area contributed by atoms with Crippen molar-refractivity contribution in [3.8, 4) is 11.5 Å². The fourth-order valence-electron chi connectivity index (χ4n) is 1.26. The molecule has 0 unspecified atom stereocenters. The standard InChI is InChI=1S/C12H16O2.C2H4O/c1-4-6-10-7-8-11(14-5-2)12(9-10)13-3;1-2-3/h4,6-9H,5H2,1-3H3;2H,1H3/b6-4+;. The van der Waals surface area contributed by atoms with Crippen molar-refractivity contribution in [2.45, 2.75) is 20.8 Å². The van der Waals surface area contributed by atoms with Crippen molar-refractivity contribution in [2.24, 2.45) is 0 Å². The Balaban J connectivity index is 0.000000770. The van der Waals surface area contributed by atoms with Crippen LogP contribution in [0.3, 0.4) is 0 Å². The Morgan fingerprint density at radius 3 is 2.35 bits per heavy atom. The molecule has 0 saturated heterocycles. The molecule has 0 bridgehead atoms. The number of hydrogen-bond acceptors (Lipinski definition) is 3. The third-order valence-corrected chi connectivity index (χ3v) is 1.85. The largest absolute Gasteiger partial charge is 0.493 e. The molecule has 0 saturated carbocycles. The van der Waals surface area contributed by atoms with Crippen LogP contribution in [-0.2, 0) is 4.79 Å². The Hall–Kier alpha value is -1.77. The van der Waals surface area contributed by atoms with Gasteiger partial charge in [-0.1, -0.05) is 18.2 Å². The average molecular weight is 236 g/mol. The molecule has 0 spiro atoms. The van der Waals surface area contributed by atoms with Gasteiger partial charge < -0.3 is 14.3 Å². The molecule has 0 heterocycles. The van der Waals surface area contributed by atoms with Gasteiger partial charge in [-0.3, -0.25) is 0 Å². The molecule has 0 N–H and O–H groups in total. The van der Waals surface area contributed by atoms with Crippen molar-refractivity contribution in [3.63, 3.8) is 0 Å². The first-order valence-corrected chi connectivity index (χ1v) is 5.56. The van der Waals surface area contributed by atoms with Crippen LogP contribution in [0.4, 0.5) is 0 Å². The molecule has 0 radical (unpaired) electrons. The molecule has 17 heavy (non-hydrogen) atoms. The fourth-order valence-corrected chi connectivity index (χ4v) is 1.26. The monoisotopic (exact) mass is 236 g/mol. The molecule has 1 aromatic rings. The first-order chi connectivity index (χ1) is 8.23. The highest BCUT2D eigenvalue weighted by Crippen LogP contribution is 2.28. The number of carbonyl (C=O) groups is 1. The van der Waals surface area contributed by atoms with Crippen molar-refractivity contribution in [3.05, 3.63) is 29.8 Å². The Kier molecular flexibility index (Phi) is 8.47. The molecule has 0 fully saturated rings. The summed E-state index contributed by atoms with van der Waals surface area (Å²) in [4.78, 5) is 8.81.